The first kappa shape index (κ1) is 25.1. The van der Waals surface area contributed by atoms with E-state index in [1.54, 1.807) is 6.08 Å². The lowest BCUT2D eigenvalue weighted by Crippen LogP contribution is -2.39. The molecule has 1 aromatic heterocycles. The van der Waals surface area contributed by atoms with Crippen LogP contribution in [-0.4, -0.2) is 31.2 Å². The van der Waals surface area contributed by atoms with E-state index in [1.807, 2.05) is 95.7 Å². The Balaban J connectivity index is 1.62. The second-order valence-electron chi connectivity index (χ2n) is 9.63. The fraction of sp³-hybridized carbons (Fsp3) is 0.121. The molecule has 4 nitrogen and oxygen atoms in total. The largest absolute Gasteiger partial charge is 0.238 e. The van der Waals surface area contributed by atoms with E-state index in [1.165, 1.54) is 0 Å². The van der Waals surface area contributed by atoms with Gasteiger partial charge < -0.3 is 0 Å². The fourth-order valence-corrected chi connectivity index (χ4v) is 5.79. The van der Waals surface area contributed by atoms with Crippen LogP contribution in [0, 0.1) is 0 Å². The van der Waals surface area contributed by atoms with Crippen molar-refractivity contribution in [3.8, 4) is 11.4 Å². The molecule has 1 heterocycles. The Labute approximate surface area is 235 Å². The van der Waals surface area contributed by atoms with Crippen molar-refractivity contribution in [2.45, 2.75) is 17.6 Å². The topological polar surface area (TPSA) is 43.6 Å². The Hall–Kier alpha value is -4.16. The summed E-state index contributed by atoms with van der Waals surface area (Å²) in [5.41, 5.74) is 3.62. The monoisotopic (exact) mass is 576 g/mol. The molecule has 1 unspecified atom stereocenters. The van der Waals surface area contributed by atoms with Gasteiger partial charge in [-0.05, 0) is 44.3 Å². The summed E-state index contributed by atoms with van der Waals surface area (Å²) in [6.45, 7) is 0. The van der Waals surface area contributed by atoms with Crippen molar-refractivity contribution in [1.82, 2.24) is 20.2 Å². The van der Waals surface area contributed by atoms with Crippen LogP contribution in [-0.2, 0) is 5.54 Å². The van der Waals surface area contributed by atoms with E-state index in [2.05, 4.69) is 67.9 Å². The lowest BCUT2D eigenvalue weighted by molar-refractivity contribution is 0.268. The van der Waals surface area contributed by atoms with E-state index in [0.29, 0.717) is 12.2 Å². The predicted molar refractivity (Wildman–Crippen MR) is 157 cm³/mol. The number of hydrogen-bond acceptors (Lipinski definition) is 3. The van der Waals surface area contributed by atoms with Gasteiger partial charge in [0.05, 0.1) is 0 Å². The van der Waals surface area contributed by atoms with Gasteiger partial charge in [0, 0.05) is 17.3 Å². The number of tetrazole rings is 1. The van der Waals surface area contributed by atoms with Crippen LogP contribution in [0.4, 0.5) is 4.39 Å². The van der Waals surface area contributed by atoms with Crippen molar-refractivity contribution >= 4 is 21.5 Å². The van der Waals surface area contributed by atoms with E-state index in [0.717, 1.165) is 33.4 Å². The molecule has 0 saturated carbocycles. The van der Waals surface area contributed by atoms with Gasteiger partial charge in [0.15, 0.2) is 5.82 Å². The summed E-state index contributed by atoms with van der Waals surface area (Å²) in [5, 5.41) is 13.7. The van der Waals surface area contributed by atoms with Crippen LogP contribution in [0.2, 0.25) is 0 Å². The van der Waals surface area contributed by atoms with Crippen molar-refractivity contribution in [2.75, 3.05) is 5.33 Å². The lowest BCUT2D eigenvalue weighted by Gasteiger charge is -2.36. The van der Waals surface area contributed by atoms with Gasteiger partial charge in [0.1, 0.15) is 11.2 Å². The summed E-state index contributed by atoms with van der Waals surface area (Å²) in [6, 6.07) is 39.0. The molecular weight excluding hydrogens is 551 g/mol. The fourth-order valence-electron chi connectivity index (χ4n) is 5.37. The van der Waals surface area contributed by atoms with Crippen LogP contribution in [0.5, 0.6) is 0 Å². The Kier molecular flexibility index (Phi) is 6.79. The van der Waals surface area contributed by atoms with E-state index in [9.17, 15) is 4.39 Å². The maximum Gasteiger partial charge on any atom is 0.184 e. The molecule has 1 aliphatic carbocycles. The molecule has 1 aliphatic rings. The predicted octanol–water partition coefficient (Wildman–Crippen LogP) is 7.63. The SMILES string of the molecule is FC1(CBr)C=CC(c2ccccc2-c2nnnn2C(c2ccccc2)(c2ccccc2)c2ccccc2)=CC1. The first-order chi connectivity index (χ1) is 19.2. The molecule has 5 aromatic rings. The molecule has 6 heteroatoms. The summed E-state index contributed by atoms with van der Waals surface area (Å²) < 4.78 is 16.9. The smallest absolute Gasteiger partial charge is 0.184 e. The first-order valence-electron chi connectivity index (χ1n) is 12.9. The summed E-state index contributed by atoms with van der Waals surface area (Å²) in [5.74, 6) is 0.619. The Morgan fingerprint density at radius 3 is 1.74 bits per heavy atom. The number of allylic oxidation sites excluding steroid dienone is 4. The molecule has 0 aliphatic heterocycles. The highest BCUT2D eigenvalue weighted by Gasteiger charge is 2.42. The average molecular weight is 578 g/mol. The second-order valence-corrected chi connectivity index (χ2v) is 10.2. The van der Waals surface area contributed by atoms with Crippen molar-refractivity contribution < 1.29 is 4.39 Å². The van der Waals surface area contributed by atoms with E-state index in [4.69, 9.17) is 0 Å². The molecule has 0 fully saturated rings. The zero-order chi connectivity index (χ0) is 26.7. The highest BCUT2D eigenvalue weighted by Crippen LogP contribution is 2.43. The summed E-state index contributed by atoms with van der Waals surface area (Å²) in [7, 11) is 0. The maximum atomic E-state index is 14.9. The second kappa shape index (κ2) is 10.5. The van der Waals surface area contributed by atoms with Gasteiger partial charge in [0.25, 0.3) is 0 Å². The number of nitrogens with zero attached hydrogens (tertiary/aromatic N) is 4. The molecule has 0 radical (unpaired) electrons. The molecular formula is C33H26BrFN4. The molecule has 4 aromatic carbocycles. The minimum Gasteiger partial charge on any atom is -0.238 e. The zero-order valence-electron chi connectivity index (χ0n) is 21.2. The third-order valence-corrected chi connectivity index (χ3v) is 8.22. The van der Waals surface area contributed by atoms with E-state index >= 15 is 0 Å². The van der Waals surface area contributed by atoms with Gasteiger partial charge in [-0.25, -0.2) is 9.07 Å². The van der Waals surface area contributed by atoms with Crippen LogP contribution >= 0.6 is 15.9 Å². The van der Waals surface area contributed by atoms with E-state index in [-0.39, 0.29) is 5.33 Å². The molecule has 192 valence electrons. The Morgan fingerprint density at radius 1 is 0.744 bits per heavy atom. The quantitative estimate of drug-likeness (QED) is 0.148. The third-order valence-electron chi connectivity index (χ3n) is 7.29. The van der Waals surface area contributed by atoms with Gasteiger partial charge >= 0.3 is 0 Å². The minimum atomic E-state index is -1.39. The van der Waals surface area contributed by atoms with Gasteiger partial charge in [-0.1, -0.05) is 143 Å². The highest BCUT2D eigenvalue weighted by molar-refractivity contribution is 9.09. The van der Waals surface area contributed by atoms with Crippen molar-refractivity contribution in [1.29, 1.82) is 0 Å². The van der Waals surface area contributed by atoms with Gasteiger partial charge in [0.2, 0.25) is 0 Å². The number of rotatable bonds is 7. The minimum absolute atomic E-state index is 0.258. The summed E-state index contributed by atoms with van der Waals surface area (Å²) in [4.78, 5) is 0. The van der Waals surface area contributed by atoms with Crippen LogP contribution < -0.4 is 0 Å². The molecule has 1 atom stereocenters. The lowest BCUT2D eigenvalue weighted by atomic mass is 9.77. The Bertz CT molecular complexity index is 1530. The van der Waals surface area contributed by atoms with E-state index < -0.39 is 11.2 Å². The molecule has 0 saturated heterocycles. The number of hydrogen-bond donors (Lipinski definition) is 0. The molecule has 0 spiro atoms. The molecule has 39 heavy (non-hydrogen) atoms. The van der Waals surface area contributed by atoms with Gasteiger partial charge in [-0.15, -0.1) is 5.10 Å². The van der Waals surface area contributed by atoms with Crippen LogP contribution in [0.25, 0.3) is 17.0 Å². The molecule has 0 bridgehead atoms. The first-order valence-corrected chi connectivity index (χ1v) is 14.0. The van der Waals surface area contributed by atoms with Gasteiger partial charge in [-0.2, -0.15) is 0 Å². The number of alkyl halides is 2. The zero-order valence-corrected chi connectivity index (χ0v) is 22.7. The average Bonchev–Trinajstić information content (AvgIpc) is 3.50. The summed E-state index contributed by atoms with van der Waals surface area (Å²) >= 11 is 3.30. The molecule has 6 rings (SSSR count). The van der Waals surface area contributed by atoms with Crippen molar-refractivity contribution in [3.63, 3.8) is 0 Å². The number of benzene rings is 4. The van der Waals surface area contributed by atoms with Crippen LogP contribution in [0.15, 0.2) is 133 Å². The van der Waals surface area contributed by atoms with Gasteiger partial charge in [-0.3, -0.25) is 0 Å². The standard InChI is InChI=1S/C33H26BrFN4/c34-24-32(35)22-20-25(21-23-32)29-18-10-11-19-30(29)31-36-37-38-39(31)33(26-12-4-1-5-13-26,27-14-6-2-7-15-27)28-16-8-3-9-17-28/h1-22H,23-24H2. The Morgan fingerprint density at radius 2 is 1.26 bits per heavy atom. The normalized spacial score (nSPS) is 17.1. The molecule has 0 amide bonds. The van der Waals surface area contributed by atoms with Crippen LogP contribution in [0.3, 0.4) is 0 Å². The van der Waals surface area contributed by atoms with Crippen LogP contribution in [0.1, 0.15) is 28.7 Å². The third kappa shape index (κ3) is 4.45. The highest BCUT2D eigenvalue weighted by atomic mass is 79.9. The molecule has 0 N–H and O–H groups in total. The van der Waals surface area contributed by atoms with Crippen molar-refractivity contribution in [2.24, 2.45) is 0 Å². The maximum absolute atomic E-state index is 14.9. The number of aromatic nitrogens is 4. The summed E-state index contributed by atoms with van der Waals surface area (Å²) in [6.07, 6.45) is 5.74. The number of halogens is 2. The van der Waals surface area contributed by atoms with Crippen molar-refractivity contribution in [3.05, 3.63) is 156 Å².